The molecular formula is C12H20N2O5. The third kappa shape index (κ3) is 4.76. The summed E-state index contributed by atoms with van der Waals surface area (Å²) in [5.74, 6) is -1.26. The number of amides is 2. The second kappa shape index (κ2) is 7.60. The molecule has 0 bridgehead atoms. The Labute approximate surface area is 111 Å². The van der Waals surface area contributed by atoms with Crippen molar-refractivity contribution in [2.24, 2.45) is 0 Å². The average Bonchev–Trinajstić information content (AvgIpc) is 2.84. The van der Waals surface area contributed by atoms with Crippen LogP contribution in [0.3, 0.4) is 0 Å². The van der Waals surface area contributed by atoms with Crippen LogP contribution in [-0.4, -0.2) is 53.7 Å². The number of esters is 1. The molecule has 0 aromatic rings. The lowest BCUT2D eigenvalue weighted by atomic mass is 10.2. The van der Waals surface area contributed by atoms with Gasteiger partial charge >= 0.3 is 18.0 Å². The van der Waals surface area contributed by atoms with E-state index in [0.29, 0.717) is 39.0 Å². The highest BCUT2D eigenvalue weighted by atomic mass is 16.5. The molecule has 1 fully saturated rings. The minimum atomic E-state index is -0.973. The summed E-state index contributed by atoms with van der Waals surface area (Å²) in [7, 11) is 0. The number of likely N-dealkylation sites (tertiary alicyclic amines) is 1. The van der Waals surface area contributed by atoms with Crippen molar-refractivity contribution in [2.45, 2.75) is 38.6 Å². The summed E-state index contributed by atoms with van der Waals surface area (Å²) in [5, 5.41) is 11.6. The Balaban J connectivity index is 2.24. The number of carboxylic acid groups (broad SMARTS) is 1. The van der Waals surface area contributed by atoms with E-state index in [0.717, 1.165) is 0 Å². The lowest BCUT2D eigenvalue weighted by molar-refractivity contribution is -0.143. The van der Waals surface area contributed by atoms with Crippen molar-refractivity contribution in [2.75, 3.05) is 19.7 Å². The first-order valence-electron chi connectivity index (χ1n) is 6.49. The maximum absolute atomic E-state index is 11.8. The Kier molecular flexibility index (Phi) is 6.11. The molecule has 7 heteroatoms. The number of aliphatic carboxylic acids is 1. The number of carbonyl (C=O) groups is 3. The molecule has 2 N–H and O–H groups in total. The molecule has 0 unspecified atom stereocenters. The molecule has 0 spiro atoms. The van der Waals surface area contributed by atoms with Gasteiger partial charge < -0.3 is 20.1 Å². The van der Waals surface area contributed by atoms with Gasteiger partial charge in [0.05, 0.1) is 6.61 Å². The van der Waals surface area contributed by atoms with E-state index < -0.39 is 12.0 Å². The van der Waals surface area contributed by atoms with E-state index in [1.165, 1.54) is 4.90 Å². The lowest BCUT2D eigenvalue weighted by Gasteiger charge is -2.21. The number of rotatable bonds is 6. The van der Waals surface area contributed by atoms with Gasteiger partial charge in [0.2, 0.25) is 0 Å². The summed E-state index contributed by atoms with van der Waals surface area (Å²) in [6.07, 6.45) is 1.92. The largest absolute Gasteiger partial charge is 0.480 e. The van der Waals surface area contributed by atoms with Crippen LogP contribution < -0.4 is 5.32 Å². The fourth-order valence-corrected chi connectivity index (χ4v) is 2.03. The van der Waals surface area contributed by atoms with Crippen molar-refractivity contribution in [3.8, 4) is 0 Å². The van der Waals surface area contributed by atoms with E-state index >= 15 is 0 Å². The zero-order chi connectivity index (χ0) is 14.3. The van der Waals surface area contributed by atoms with Crippen LogP contribution in [0, 0.1) is 0 Å². The molecule has 1 atom stereocenters. The molecule has 1 heterocycles. The van der Waals surface area contributed by atoms with E-state index in [1.807, 2.05) is 0 Å². The quantitative estimate of drug-likeness (QED) is 0.545. The van der Waals surface area contributed by atoms with Crippen molar-refractivity contribution >= 4 is 18.0 Å². The normalized spacial score (nSPS) is 18.2. The topological polar surface area (TPSA) is 95.9 Å². The predicted octanol–water partition coefficient (Wildman–Crippen LogP) is 0.588. The van der Waals surface area contributed by atoms with Gasteiger partial charge in [0.1, 0.15) is 6.04 Å². The Morgan fingerprint density at radius 2 is 2.16 bits per heavy atom. The van der Waals surface area contributed by atoms with E-state index in [9.17, 15) is 14.4 Å². The molecule has 0 saturated carbocycles. The fraction of sp³-hybridized carbons (Fsp3) is 0.750. The van der Waals surface area contributed by atoms with Crippen molar-refractivity contribution < 1.29 is 24.2 Å². The number of carbonyl (C=O) groups excluding carboxylic acids is 2. The minimum Gasteiger partial charge on any atom is -0.480 e. The summed E-state index contributed by atoms with van der Waals surface area (Å²) in [6, 6.07) is -1.11. The van der Waals surface area contributed by atoms with Gasteiger partial charge in [-0.2, -0.15) is 0 Å². The SMILES string of the molecule is CCOC(=O)CCCNC(=O)N1CCC[C@@H]1C(=O)O. The summed E-state index contributed by atoms with van der Waals surface area (Å²) < 4.78 is 4.76. The third-order valence-electron chi connectivity index (χ3n) is 2.94. The van der Waals surface area contributed by atoms with E-state index in [4.69, 9.17) is 9.84 Å². The number of hydrogen-bond acceptors (Lipinski definition) is 4. The maximum Gasteiger partial charge on any atom is 0.326 e. The Morgan fingerprint density at radius 3 is 2.79 bits per heavy atom. The van der Waals surface area contributed by atoms with Gasteiger partial charge in [-0.25, -0.2) is 9.59 Å². The highest BCUT2D eigenvalue weighted by Crippen LogP contribution is 2.17. The molecule has 2 amide bonds. The number of ether oxygens (including phenoxy) is 1. The molecule has 0 radical (unpaired) electrons. The van der Waals surface area contributed by atoms with Crippen molar-refractivity contribution in [3.63, 3.8) is 0 Å². The zero-order valence-corrected chi connectivity index (χ0v) is 11.1. The van der Waals surface area contributed by atoms with Crippen molar-refractivity contribution in [3.05, 3.63) is 0 Å². The summed E-state index contributed by atoms with van der Waals surface area (Å²) >= 11 is 0. The monoisotopic (exact) mass is 272 g/mol. The molecule has 7 nitrogen and oxygen atoms in total. The lowest BCUT2D eigenvalue weighted by Crippen LogP contribution is -2.46. The second-order valence-electron chi connectivity index (χ2n) is 4.33. The van der Waals surface area contributed by atoms with E-state index in [2.05, 4.69) is 5.32 Å². The molecule has 0 aromatic heterocycles. The number of urea groups is 1. The summed E-state index contributed by atoms with van der Waals surface area (Å²) in [5.41, 5.74) is 0. The smallest absolute Gasteiger partial charge is 0.326 e. The molecule has 19 heavy (non-hydrogen) atoms. The van der Waals surface area contributed by atoms with E-state index in [1.54, 1.807) is 6.92 Å². The minimum absolute atomic E-state index is 0.247. The second-order valence-corrected chi connectivity index (χ2v) is 4.33. The highest BCUT2D eigenvalue weighted by molar-refractivity contribution is 5.83. The molecule has 1 aliphatic rings. The van der Waals surface area contributed by atoms with Crippen molar-refractivity contribution in [1.82, 2.24) is 10.2 Å². The van der Waals surface area contributed by atoms with Gasteiger partial charge in [-0.05, 0) is 26.2 Å². The summed E-state index contributed by atoms with van der Waals surface area (Å²) in [6.45, 7) is 2.87. The zero-order valence-electron chi connectivity index (χ0n) is 11.1. The highest BCUT2D eigenvalue weighted by Gasteiger charge is 2.33. The molecule has 1 aliphatic heterocycles. The van der Waals surface area contributed by atoms with Gasteiger partial charge in [-0.15, -0.1) is 0 Å². The van der Waals surface area contributed by atoms with Crippen LogP contribution in [0.15, 0.2) is 0 Å². The van der Waals surface area contributed by atoms with Crippen LogP contribution in [0.25, 0.3) is 0 Å². The standard InChI is InChI=1S/C12H20N2O5/c1-2-19-10(15)6-3-7-13-12(18)14-8-4-5-9(14)11(16)17/h9H,2-8H2,1H3,(H,13,18)(H,16,17)/t9-/m1/s1. The molecule has 108 valence electrons. The first kappa shape index (κ1) is 15.3. The predicted molar refractivity (Wildman–Crippen MR) is 66.6 cm³/mol. The van der Waals surface area contributed by atoms with Crippen LogP contribution >= 0.6 is 0 Å². The third-order valence-corrected chi connectivity index (χ3v) is 2.94. The van der Waals surface area contributed by atoms with Gasteiger partial charge in [-0.1, -0.05) is 0 Å². The van der Waals surface area contributed by atoms with Gasteiger partial charge in [-0.3, -0.25) is 4.79 Å². The molecule has 0 aromatic carbocycles. The average molecular weight is 272 g/mol. The van der Waals surface area contributed by atoms with Gasteiger partial charge in [0.25, 0.3) is 0 Å². The number of carboxylic acids is 1. The van der Waals surface area contributed by atoms with Crippen LogP contribution in [0.4, 0.5) is 4.79 Å². The first-order valence-corrected chi connectivity index (χ1v) is 6.49. The molecule has 1 saturated heterocycles. The molecule has 0 aliphatic carbocycles. The van der Waals surface area contributed by atoms with Crippen LogP contribution in [-0.2, 0) is 14.3 Å². The van der Waals surface area contributed by atoms with E-state index in [-0.39, 0.29) is 18.4 Å². The van der Waals surface area contributed by atoms with Gasteiger partial charge in [0, 0.05) is 19.5 Å². The van der Waals surface area contributed by atoms with Crippen molar-refractivity contribution in [1.29, 1.82) is 0 Å². The number of nitrogens with zero attached hydrogens (tertiary/aromatic N) is 1. The Hall–Kier alpha value is -1.79. The summed E-state index contributed by atoms with van der Waals surface area (Å²) in [4.78, 5) is 35.1. The first-order chi connectivity index (χ1) is 9.06. The Morgan fingerprint density at radius 1 is 1.42 bits per heavy atom. The van der Waals surface area contributed by atoms with Crippen LogP contribution in [0.1, 0.15) is 32.6 Å². The number of hydrogen-bond donors (Lipinski definition) is 2. The number of nitrogens with one attached hydrogen (secondary N) is 1. The molecule has 1 rings (SSSR count). The van der Waals surface area contributed by atoms with Crippen LogP contribution in [0.5, 0.6) is 0 Å². The Bertz CT molecular complexity index is 345. The maximum atomic E-state index is 11.8. The molecular weight excluding hydrogens is 252 g/mol. The van der Waals surface area contributed by atoms with Gasteiger partial charge in [0.15, 0.2) is 0 Å². The fourth-order valence-electron chi connectivity index (χ4n) is 2.03. The van der Waals surface area contributed by atoms with Crippen LogP contribution in [0.2, 0.25) is 0 Å².